The molecule has 0 unspecified atom stereocenters. The van der Waals surface area contributed by atoms with Crippen molar-refractivity contribution in [3.63, 3.8) is 0 Å². The average Bonchev–Trinajstić information content (AvgIpc) is 2.64. The number of nitrogens with zero attached hydrogens (tertiary/aromatic N) is 3. The number of hydrogen-bond donors (Lipinski definition) is 3. The van der Waals surface area contributed by atoms with Crippen molar-refractivity contribution in [3.8, 4) is 0 Å². The highest BCUT2D eigenvalue weighted by Crippen LogP contribution is 2.36. The first-order chi connectivity index (χ1) is 13.8. The van der Waals surface area contributed by atoms with E-state index < -0.39 is 46.9 Å². The average molecular weight is 436 g/mol. The molecule has 5 N–H and O–H groups in total. The lowest BCUT2D eigenvalue weighted by Crippen LogP contribution is -2.21. The lowest BCUT2D eigenvalue weighted by atomic mass is 10.0. The van der Waals surface area contributed by atoms with E-state index in [0.717, 1.165) is 18.6 Å². The maximum Gasteiger partial charge on any atom is 0.416 e. The van der Waals surface area contributed by atoms with E-state index in [1.807, 2.05) is 0 Å². The van der Waals surface area contributed by atoms with Gasteiger partial charge in [0.15, 0.2) is 5.84 Å². The summed E-state index contributed by atoms with van der Waals surface area (Å²) in [6.45, 7) is 0. The Morgan fingerprint density at radius 3 is 1.87 bits per heavy atom. The first kappa shape index (κ1) is 22.6. The summed E-state index contributed by atoms with van der Waals surface area (Å²) >= 11 is 0. The normalized spacial score (nSPS) is 13.3. The van der Waals surface area contributed by atoms with E-state index in [1.54, 1.807) is 0 Å². The van der Waals surface area contributed by atoms with E-state index in [-0.39, 0.29) is 17.2 Å². The van der Waals surface area contributed by atoms with E-state index >= 15 is 0 Å². The Kier molecular flexibility index (Phi) is 6.28. The van der Waals surface area contributed by atoms with E-state index in [4.69, 9.17) is 11.5 Å². The van der Waals surface area contributed by atoms with E-state index in [2.05, 4.69) is 20.5 Å². The zero-order valence-corrected chi connectivity index (χ0v) is 14.5. The second kappa shape index (κ2) is 8.34. The van der Waals surface area contributed by atoms with Crippen molar-refractivity contribution >= 4 is 17.3 Å². The van der Waals surface area contributed by atoms with Gasteiger partial charge >= 0.3 is 18.4 Å². The zero-order chi connectivity index (χ0) is 22.7. The van der Waals surface area contributed by atoms with Crippen LogP contribution in [0.15, 0.2) is 41.9 Å². The Bertz CT molecular complexity index is 964. The largest absolute Gasteiger partial charge is 0.416 e. The number of primary amides is 1. The predicted molar refractivity (Wildman–Crippen MR) is 89.5 cm³/mol. The van der Waals surface area contributed by atoms with Crippen molar-refractivity contribution in [2.75, 3.05) is 0 Å². The molecule has 14 heteroatoms. The molecule has 160 valence electrons. The molecule has 0 aliphatic heterocycles. The molecule has 0 bridgehead atoms. The van der Waals surface area contributed by atoms with Crippen LogP contribution in [0, 0.1) is 6.08 Å². The first-order valence-corrected chi connectivity index (χ1v) is 7.65. The van der Waals surface area contributed by atoms with Crippen molar-refractivity contribution < 1.29 is 35.5 Å². The molecule has 0 saturated heterocycles. The van der Waals surface area contributed by atoms with E-state index in [1.165, 1.54) is 0 Å². The number of benzene rings is 1. The van der Waals surface area contributed by atoms with Gasteiger partial charge in [-0.25, -0.2) is 9.97 Å². The minimum atomic E-state index is -5.06. The van der Waals surface area contributed by atoms with Gasteiger partial charge in [-0.3, -0.25) is 10.2 Å². The van der Waals surface area contributed by atoms with Gasteiger partial charge in [0.2, 0.25) is 0 Å². The minimum Gasteiger partial charge on any atom is -0.382 e. The maximum absolute atomic E-state index is 12.9. The molecule has 0 fully saturated rings. The highest BCUT2D eigenvalue weighted by atomic mass is 19.4. The van der Waals surface area contributed by atoms with Gasteiger partial charge in [-0.1, -0.05) is 0 Å². The standard InChI is InChI=1S/C16H11F7N6O/c17-14-26-4-8(5-27-14)11(13(25)30)6-28-29-12(24)7-1-9(15(18,19)20)3-10(2-7)16(21,22)23/h1-6,28H,(H2,24,29)(H2,25,30)/b11-6+. The van der Waals surface area contributed by atoms with Crippen molar-refractivity contribution in [2.45, 2.75) is 12.4 Å². The monoisotopic (exact) mass is 436 g/mol. The summed E-state index contributed by atoms with van der Waals surface area (Å²) in [5.74, 6) is -1.79. The third-order valence-corrected chi connectivity index (χ3v) is 3.47. The van der Waals surface area contributed by atoms with Gasteiger partial charge in [0.1, 0.15) is 0 Å². The van der Waals surface area contributed by atoms with Gasteiger partial charge in [0, 0.05) is 29.7 Å². The molecule has 30 heavy (non-hydrogen) atoms. The van der Waals surface area contributed by atoms with Crippen molar-refractivity contribution in [1.29, 1.82) is 0 Å². The fourth-order valence-corrected chi connectivity index (χ4v) is 2.08. The summed E-state index contributed by atoms with van der Waals surface area (Å²) in [6.07, 6.45) is -8.55. The number of halogens is 7. The number of amidine groups is 1. The first-order valence-electron chi connectivity index (χ1n) is 7.65. The van der Waals surface area contributed by atoms with Crippen molar-refractivity contribution in [2.24, 2.45) is 16.6 Å². The molecule has 7 nitrogen and oxygen atoms in total. The Morgan fingerprint density at radius 1 is 0.933 bits per heavy atom. The second-order valence-electron chi connectivity index (χ2n) is 5.58. The molecule has 1 aromatic carbocycles. The van der Waals surface area contributed by atoms with Gasteiger partial charge in [-0.2, -0.15) is 35.8 Å². The number of hydrazone groups is 1. The van der Waals surface area contributed by atoms with E-state index in [9.17, 15) is 35.5 Å². The summed E-state index contributed by atoms with van der Waals surface area (Å²) in [4.78, 5) is 17.9. The quantitative estimate of drug-likeness (QED) is 0.166. The number of nitrogens with one attached hydrogen (secondary N) is 1. The molecule has 0 saturated carbocycles. The topological polar surface area (TPSA) is 119 Å². The predicted octanol–water partition coefficient (Wildman–Crippen LogP) is 2.39. The molecule has 0 aliphatic rings. The summed E-state index contributed by atoms with van der Waals surface area (Å²) in [5, 5.41) is 3.42. The number of amides is 1. The van der Waals surface area contributed by atoms with Gasteiger partial charge in [0.25, 0.3) is 5.91 Å². The SMILES string of the molecule is NC(=O)/C(=C/N/N=C(\N)c1cc(C(F)(F)F)cc(C(F)(F)F)c1)c1cnc(F)nc1. The third-order valence-electron chi connectivity index (χ3n) is 3.47. The summed E-state index contributed by atoms with van der Waals surface area (Å²) in [6, 6.07) is 0.689. The third kappa shape index (κ3) is 5.65. The lowest BCUT2D eigenvalue weighted by molar-refractivity contribution is -0.143. The molecule has 1 amide bonds. The van der Waals surface area contributed by atoms with Crippen LogP contribution in [0.3, 0.4) is 0 Å². The fraction of sp³-hybridized carbons (Fsp3) is 0.125. The molecular weight excluding hydrogens is 425 g/mol. The van der Waals surface area contributed by atoms with Crippen LogP contribution in [-0.4, -0.2) is 21.7 Å². The Balaban J connectivity index is 2.39. The van der Waals surface area contributed by atoms with Crippen LogP contribution < -0.4 is 16.9 Å². The summed E-state index contributed by atoms with van der Waals surface area (Å²) in [7, 11) is 0. The van der Waals surface area contributed by atoms with Crippen LogP contribution in [-0.2, 0) is 17.1 Å². The fourth-order valence-electron chi connectivity index (χ4n) is 2.08. The minimum absolute atomic E-state index is 0.0383. The molecule has 0 radical (unpaired) electrons. The Hall–Kier alpha value is -3.71. The lowest BCUT2D eigenvalue weighted by Gasteiger charge is -2.14. The molecule has 0 aliphatic carbocycles. The van der Waals surface area contributed by atoms with Crippen LogP contribution in [0.25, 0.3) is 5.57 Å². The number of hydrogen-bond acceptors (Lipinski definition) is 5. The van der Waals surface area contributed by atoms with Gasteiger partial charge < -0.3 is 11.5 Å². The molecule has 1 heterocycles. The number of alkyl halides is 6. The zero-order valence-electron chi connectivity index (χ0n) is 14.5. The maximum atomic E-state index is 12.9. The molecular formula is C16H11F7N6O. The molecule has 0 spiro atoms. The molecule has 0 atom stereocenters. The number of aromatic nitrogens is 2. The van der Waals surface area contributed by atoms with Gasteiger partial charge in [-0.05, 0) is 18.2 Å². The number of carbonyl (C=O) groups excluding carboxylic acids is 1. The highest BCUT2D eigenvalue weighted by Gasteiger charge is 2.37. The van der Waals surface area contributed by atoms with Crippen LogP contribution in [0.5, 0.6) is 0 Å². The molecule has 1 aromatic heterocycles. The second-order valence-corrected chi connectivity index (χ2v) is 5.58. The highest BCUT2D eigenvalue weighted by molar-refractivity contribution is 6.18. The Morgan fingerprint density at radius 2 is 1.43 bits per heavy atom. The van der Waals surface area contributed by atoms with Gasteiger partial charge in [-0.15, -0.1) is 0 Å². The molecule has 2 rings (SSSR count). The van der Waals surface area contributed by atoms with E-state index in [0.29, 0.717) is 12.1 Å². The van der Waals surface area contributed by atoms with Crippen LogP contribution >= 0.6 is 0 Å². The van der Waals surface area contributed by atoms with Gasteiger partial charge in [0.05, 0.1) is 16.7 Å². The van der Waals surface area contributed by atoms with Crippen LogP contribution in [0.1, 0.15) is 22.3 Å². The van der Waals surface area contributed by atoms with Crippen LogP contribution in [0.2, 0.25) is 0 Å². The summed E-state index contributed by atoms with van der Waals surface area (Å²) < 4.78 is 90.2. The Labute approximate surface area is 163 Å². The summed E-state index contributed by atoms with van der Waals surface area (Å²) in [5.41, 5.74) is 8.51. The van der Waals surface area contributed by atoms with Crippen LogP contribution in [0.4, 0.5) is 30.7 Å². The number of carbonyl (C=O) groups is 1. The van der Waals surface area contributed by atoms with Crippen molar-refractivity contribution in [1.82, 2.24) is 15.4 Å². The number of nitrogens with two attached hydrogens (primary N) is 2. The van der Waals surface area contributed by atoms with Crippen molar-refractivity contribution in [3.05, 3.63) is 65.1 Å². The smallest absolute Gasteiger partial charge is 0.382 e. The molecule has 2 aromatic rings. The number of rotatable bonds is 5.